The maximum Gasteiger partial charge on any atom is 0.157 e. The van der Waals surface area contributed by atoms with Crippen LogP contribution >= 0.6 is 34.7 Å². The first-order valence-electron chi connectivity index (χ1n) is 5.17. The van der Waals surface area contributed by atoms with E-state index in [1.165, 1.54) is 11.8 Å². The largest absolute Gasteiger partial charge is 0.399 e. The van der Waals surface area contributed by atoms with Crippen LogP contribution in [0.3, 0.4) is 0 Å². The predicted octanol–water partition coefficient (Wildman–Crippen LogP) is 4.08. The number of hydrogen-bond donors (Lipinski definition) is 1. The molecule has 0 spiro atoms. The molecule has 18 heavy (non-hydrogen) atoms. The summed E-state index contributed by atoms with van der Waals surface area (Å²) in [5.41, 5.74) is 7.45. The molecular weight excluding hydrogens is 286 g/mol. The van der Waals surface area contributed by atoms with Gasteiger partial charge in [-0.25, -0.2) is 9.97 Å². The van der Waals surface area contributed by atoms with Gasteiger partial charge in [-0.05, 0) is 42.1 Å². The minimum atomic E-state index is 0.640. The molecule has 2 N–H and O–H groups in total. The second kappa shape index (κ2) is 4.76. The molecule has 0 bridgehead atoms. The van der Waals surface area contributed by atoms with Crippen LogP contribution in [0.15, 0.2) is 45.9 Å². The lowest BCUT2D eigenvalue weighted by atomic mass is 10.3. The Morgan fingerprint density at radius 2 is 2.17 bits per heavy atom. The molecular formula is C12H8ClN3S2. The molecule has 0 radical (unpaired) electrons. The zero-order valence-electron chi connectivity index (χ0n) is 9.13. The molecule has 0 saturated heterocycles. The molecule has 0 saturated carbocycles. The van der Waals surface area contributed by atoms with Crippen molar-refractivity contribution < 1.29 is 0 Å². The molecule has 0 aliphatic heterocycles. The Kier molecular flexibility index (Phi) is 3.11. The SMILES string of the molecule is Nc1ccc2nc(Sc3ncccc3Cl)sc2c1. The van der Waals surface area contributed by atoms with Crippen LogP contribution in [0.1, 0.15) is 0 Å². The molecule has 0 amide bonds. The predicted molar refractivity (Wildman–Crippen MR) is 77.4 cm³/mol. The van der Waals surface area contributed by atoms with E-state index in [4.69, 9.17) is 17.3 Å². The van der Waals surface area contributed by atoms with Crippen molar-refractivity contribution in [3.8, 4) is 0 Å². The molecule has 0 fully saturated rings. The van der Waals surface area contributed by atoms with Crippen molar-refractivity contribution in [2.24, 2.45) is 0 Å². The van der Waals surface area contributed by atoms with Crippen molar-refractivity contribution in [2.45, 2.75) is 9.37 Å². The first-order chi connectivity index (χ1) is 8.72. The van der Waals surface area contributed by atoms with Crippen molar-refractivity contribution in [3.63, 3.8) is 0 Å². The average Bonchev–Trinajstić information content (AvgIpc) is 2.73. The lowest BCUT2D eigenvalue weighted by Gasteiger charge is -1.97. The molecule has 3 rings (SSSR count). The van der Waals surface area contributed by atoms with Gasteiger partial charge in [0.15, 0.2) is 4.34 Å². The highest BCUT2D eigenvalue weighted by atomic mass is 35.5. The maximum absolute atomic E-state index is 6.07. The molecule has 3 aromatic rings. The summed E-state index contributed by atoms with van der Waals surface area (Å²) < 4.78 is 1.99. The third-order valence-corrected chi connectivity index (χ3v) is 4.82. The van der Waals surface area contributed by atoms with E-state index >= 15 is 0 Å². The quantitative estimate of drug-likeness (QED) is 0.723. The number of thiazole rings is 1. The molecule has 1 aromatic carbocycles. The summed E-state index contributed by atoms with van der Waals surface area (Å²) in [5, 5.41) is 1.41. The fourth-order valence-corrected chi connectivity index (χ4v) is 3.74. The third-order valence-electron chi connectivity index (χ3n) is 2.30. The van der Waals surface area contributed by atoms with Crippen LogP contribution in [-0.2, 0) is 0 Å². The van der Waals surface area contributed by atoms with Crippen LogP contribution in [0.4, 0.5) is 5.69 Å². The summed E-state index contributed by atoms with van der Waals surface area (Å²) in [6.07, 6.45) is 1.72. The van der Waals surface area contributed by atoms with Crippen molar-refractivity contribution in [3.05, 3.63) is 41.6 Å². The van der Waals surface area contributed by atoms with E-state index in [1.54, 1.807) is 17.5 Å². The van der Waals surface area contributed by atoms with Gasteiger partial charge in [0.05, 0.1) is 15.2 Å². The Labute approximate surface area is 117 Å². The highest BCUT2D eigenvalue weighted by Crippen LogP contribution is 2.36. The van der Waals surface area contributed by atoms with Gasteiger partial charge >= 0.3 is 0 Å². The molecule has 0 atom stereocenters. The molecule has 3 nitrogen and oxygen atoms in total. The summed E-state index contributed by atoms with van der Waals surface area (Å²) in [7, 11) is 0. The number of aromatic nitrogens is 2. The van der Waals surface area contributed by atoms with Crippen LogP contribution in [0.5, 0.6) is 0 Å². The number of anilines is 1. The normalized spacial score (nSPS) is 10.9. The second-order valence-corrected chi connectivity index (χ2v) is 6.27. The number of hydrogen-bond acceptors (Lipinski definition) is 5. The van der Waals surface area contributed by atoms with Gasteiger partial charge in [-0.2, -0.15) is 0 Å². The average molecular weight is 294 g/mol. The van der Waals surface area contributed by atoms with E-state index in [0.29, 0.717) is 5.02 Å². The first-order valence-corrected chi connectivity index (χ1v) is 7.18. The van der Waals surface area contributed by atoms with Crippen LogP contribution < -0.4 is 5.73 Å². The molecule has 0 unspecified atom stereocenters. The van der Waals surface area contributed by atoms with Crippen LogP contribution in [0, 0.1) is 0 Å². The van der Waals surface area contributed by atoms with Crippen LogP contribution in [0.2, 0.25) is 5.02 Å². The number of fused-ring (bicyclic) bond motifs is 1. The zero-order valence-corrected chi connectivity index (χ0v) is 11.5. The number of nitrogen functional groups attached to an aromatic ring is 1. The molecule has 2 aromatic heterocycles. The van der Waals surface area contributed by atoms with Crippen molar-refractivity contribution in [1.82, 2.24) is 9.97 Å². The maximum atomic E-state index is 6.07. The van der Waals surface area contributed by atoms with Gasteiger partial charge in [0, 0.05) is 11.9 Å². The smallest absolute Gasteiger partial charge is 0.157 e. The number of nitrogens with zero attached hydrogens (tertiary/aromatic N) is 2. The number of halogens is 1. The van der Waals surface area contributed by atoms with E-state index < -0.39 is 0 Å². The van der Waals surface area contributed by atoms with Crippen LogP contribution in [0.25, 0.3) is 10.2 Å². The van der Waals surface area contributed by atoms with E-state index in [-0.39, 0.29) is 0 Å². The summed E-state index contributed by atoms with van der Waals surface area (Å²) in [6.45, 7) is 0. The van der Waals surface area contributed by atoms with Crippen LogP contribution in [-0.4, -0.2) is 9.97 Å². The number of pyridine rings is 1. The Balaban J connectivity index is 1.98. The van der Waals surface area contributed by atoms with Gasteiger partial charge in [-0.1, -0.05) is 11.6 Å². The standard InChI is InChI=1S/C12H8ClN3S2/c13-8-2-1-5-15-11(8)18-12-16-9-4-3-7(14)6-10(9)17-12/h1-6H,14H2. The van der Waals surface area contributed by atoms with E-state index in [1.807, 2.05) is 30.3 Å². The zero-order chi connectivity index (χ0) is 12.5. The highest BCUT2D eigenvalue weighted by molar-refractivity contribution is 8.01. The Morgan fingerprint density at radius 1 is 1.28 bits per heavy atom. The monoisotopic (exact) mass is 293 g/mol. The van der Waals surface area contributed by atoms with Gasteiger partial charge in [0.25, 0.3) is 0 Å². The Hall–Kier alpha value is -1.30. The summed E-state index contributed by atoms with van der Waals surface area (Å²) >= 11 is 9.13. The summed E-state index contributed by atoms with van der Waals surface area (Å²) in [4.78, 5) is 8.75. The Bertz CT molecular complexity index is 711. The highest BCUT2D eigenvalue weighted by Gasteiger charge is 2.09. The van der Waals surface area contributed by atoms with Crippen molar-refractivity contribution in [2.75, 3.05) is 5.73 Å². The number of benzene rings is 1. The summed E-state index contributed by atoms with van der Waals surface area (Å²) in [6, 6.07) is 9.33. The number of rotatable bonds is 2. The molecule has 2 heterocycles. The van der Waals surface area contributed by atoms with Crippen molar-refractivity contribution in [1.29, 1.82) is 0 Å². The fraction of sp³-hybridized carbons (Fsp3) is 0. The van der Waals surface area contributed by atoms with Gasteiger partial charge < -0.3 is 5.73 Å². The fourth-order valence-electron chi connectivity index (χ4n) is 1.49. The lowest BCUT2D eigenvalue weighted by Crippen LogP contribution is -1.81. The second-order valence-electron chi connectivity index (χ2n) is 3.60. The molecule has 0 aliphatic carbocycles. The topological polar surface area (TPSA) is 51.8 Å². The first kappa shape index (κ1) is 11.8. The van der Waals surface area contributed by atoms with Gasteiger partial charge in [0.1, 0.15) is 5.03 Å². The van der Waals surface area contributed by atoms with E-state index in [0.717, 1.165) is 25.3 Å². The van der Waals surface area contributed by atoms with E-state index in [2.05, 4.69) is 9.97 Å². The van der Waals surface area contributed by atoms with Gasteiger partial charge in [0.2, 0.25) is 0 Å². The number of nitrogens with two attached hydrogens (primary N) is 1. The lowest BCUT2D eigenvalue weighted by molar-refractivity contribution is 1.13. The van der Waals surface area contributed by atoms with Gasteiger partial charge in [-0.15, -0.1) is 11.3 Å². The third kappa shape index (κ3) is 2.29. The summed E-state index contributed by atoms with van der Waals surface area (Å²) in [5.74, 6) is 0. The molecule has 90 valence electrons. The minimum Gasteiger partial charge on any atom is -0.399 e. The van der Waals surface area contributed by atoms with E-state index in [9.17, 15) is 0 Å². The molecule has 6 heteroatoms. The molecule has 0 aliphatic rings. The Morgan fingerprint density at radius 3 is 3.00 bits per heavy atom. The minimum absolute atomic E-state index is 0.640. The van der Waals surface area contributed by atoms with Crippen molar-refractivity contribution >= 4 is 50.6 Å². The van der Waals surface area contributed by atoms with Gasteiger partial charge in [-0.3, -0.25) is 0 Å².